The van der Waals surface area contributed by atoms with E-state index in [4.69, 9.17) is 9.47 Å². The number of nitrogens with zero attached hydrogens (tertiary/aromatic N) is 1. The van der Waals surface area contributed by atoms with Crippen LogP contribution in [0.15, 0.2) is 12.1 Å². The predicted octanol–water partition coefficient (Wildman–Crippen LogP) is 1.71. The second kappa shape index (κ2) is 6.94. The van der Waals surface area contributed by atoms with Gasteiger partial charge in [0, 0.05) is 7.11 Å². The van der Waals surface area contributed by atoms with E-state index < -0.39 is 5.97 Å². The number of esters is 1. The van der Waals surface area contributed by atoms with Crippen molar-refractivity contribution in [3.63, 3.8) is 0 Å². The maximum absolute atomic E-state index is 11.5. The molecule has 1 aromatic heterocycles. The van der Waals surface area contributed by atoms with E-state index in [9.17, 15) is 4.79 Å². The summed E-state index contributed by atoms with van der Waals surface area (Å²) in [6, 6.07) is 3.39. The highest BCUT2D eigenvalue weighted by molar-refractivity contribution is 5.92. The highest BCUT2D eigenvalue weighted by atomic mass is 16.5. The molecule has 0 aromatic carbocycles. The molecule has 1 N–H and O–H groups in total. The molecular formula is C13H20N2O4. The van der Waals surface area contributed by atoms with Crippen molar-refractivity contribution in [1.29, 1.82) is 0 Å². The molecule has 19 heavy (non-hydrogen) atoms. The van der Waals surface area contributed by atoms with E-state index in [1.165, 1.54) is 14.2 Å². The Morgan fingerprint density at radius 2 is 1.95 bits per heavy atom. The van der Waals surface area contributed by atoms with Gasteiger partial charge in [-0.15, -0.1) is 0 Å². The lowest BCUT2D eigenvalue weighted by atomic mass is 10.2. The molecule has 6 nitrogen and oxygen atoms in total. The number of ether oxygens (including phenoxy) is 3. The molecule has 0 fully saturated rings. The Morgan fingerprint density at radius 1 is 1.26 bits per heavy atom. The summed E-state index contributed by atoms with van der Waals surface area (Å²) in [5, 5.41) is 3.18. The molecule has 1 aromatic rings. The van der Waals surface area contributed by atoms with E-state index in [2.05, 4.69) is 15.0 Å². The highest BCUT2D eigenvalue weighted by Gasteiger charge is 2.16. The van der Waals surface area contributed by atoms with Gasteiger partial charge in [0.2, 0.25) is 5.88 Å². The molecule has 0 spiro atoms. The van der Waals surface area contributed by atoms with E-state index in [0.717, 1.165) is 0 Å². The van der Waals surface area contributed by atoms with Crippen LogP contribution in [0.4, 0.5) is 5.82 Å². The predicted molar refractivity (Wildman–Crippen MR) is 71.7 cm³/mol. The zero-order chi connectivity index (χ0) is 14.4. The van der Waals surface area contributed by atoms with Crippen molar-refractivity contribution in [2.75, 3.05) is 26.6 Å². The Morgan fingerprint density at radius 3 is 2.47 bits per heavy atom. The van der Waals surface area contributed by atoms with Crippen LogP contribution in [-0.2, 0) is 9.47 Å². The second-order valence-electron chi connectivity index (χ2n) is 4.12. The minimum atomic E-state index is -0.478. The van der Waals surface area contributed by atoms with E-state index in [-0.39, 0.29) is 18.0 Å². The number of methoxy groups -OCH3 is 3. The van der Waals surface area contributed by atoms with Crippen LogP contribution in [-0.4, -0.2) is 44.4 Å². The van der Waals surface area contributed by atoms with Crippen LogP contribution in [0.25, 0.3) is 0 Å². The third kappa shape index (κ3) is 3.82. The summed E-state index contributed by atoms with van der Waals surface area (Å²) in [6.07, 6.45) is 0.0353. The number of hydrogen-bond donors (Lipinski definition) is 1. The lowest BCUT2D eigenvalue weighted by molar-refractivity contribution is 0.0596. The van der Waals surface area contributed by atoms with Crippen molar-refractivity contribution in [2.24, 2.45) is 0 Å². The fourth-order valence-electron chi connectivity index (χ4n) is 1.50. The first kappa shape index (κ1) is 15.2. The summed E-state index contributed by atoms with van der Waals surface area (Å²) < 4.78 is 15.0. The van der Waals surface area contributed by atoms with E-state index in [1.807, 2.05) is 13.8 Å². The number of carbonyl (C=O) groups is 1. The van der Waals surface area contributed by atoms with Crippen LogP contribution in [0.5, 0.6) is 5.88 Å². The third-order valence-electron chi connectivity index (χ3n) is 2.91. The van der Waals surface area contributed by atoms with Crippen LogP contribution >= 0.6 is 0 Å². The molecule has 0 saturated heterocycles. The van der Waals surface area contributed by atoms with Gasteiger partial charge in [-0.2, -0.15) is 4.98 Å². The van der Waals surface area contributed by atoms with Gasteiger partial charge < -0.3 is 19.5 Å². The molecule has 0 aliphatic carbocycles. The Hall–Kier alpha value is -1.82. The van der Waals surface area contributed by atoms with Gasteiger partial charge in [0.05, 0.1) is 26.4 Å². The summed E-state index contributed by atoms with van der Waals surface area (Å²) >= 11 is 0. The molecule has 1 heterocycles. The van der Waals surface area contributed by atoms with Crippen molar-refractivity contribution >= 4 is 11.8 Å². The monoisotopic (exact) mass is 268 g/mol. The minimum absolute atomic E-state index is 0.0353. The molecule has 1 rings (SSSR count). The van der Waals surface area contributed by atoms with Gasteiger partial charge in [-0.05, 0) is 26.0 Å². The van der Waals surface area contributed by atoms with Gasteiger partial charge in [0.25, 0.3) is 0 Å². The molecule has 1 unspecified atom stereocenters. The summed E-state index contributed by atoms with van der Waals surface area (Å²) in [5.41, 5.74) is 0.294. The molecule has 0 bridgehead atoms. The van der Waals surface area contributed by atoms with E-state index >= 15 is 0 Å². The van der Waals surface area contributed by atoms with Gasteiger partial charge in [0.15, 0.2) is 0 Å². The van der Waals surface area contributed by atoms with Crippen molar-refractivity contribution < 1.29 is 19.0 Å². The number of aromatic nitrogens is 1. The highest BCUT2D eigenvalue weighted by Crippen LogP contribution is 2.20. The molecule has 0 radical (unpaired) electrons. The Kier molecular flexibility index (Phi) is 5.57. The zero-order valence-corrected chi connectivity index (χ0v) is 11.9. The van der Waals surface area contributed by atoms with Crippen LogP contribution in [0.2, 0.25) is 0 Å². The molecular weight excluding hydrogens is 248 g/mol. The number of anilines is 1. The first-order valence-corrected chi connectivity index (χ1v) is 5.96. The number of hydrogen-bond acceptors (Lipinski definition) is 6. The van der Waals surface area contributed by atoms with Crippen molar-refractivity contribution in [1.82, 2.24) is 4.98 Å². The molecule has 106 valence electrons. The van der Waals surface area contributed by atoms with Crippen LogP contribution < -0.4 is 10.1 Å². The van der Waals surface area contributed by atoms with E-state index in [0.29, 0.717) is 11.4 Å². The van der Waals surface area contributed by atoms with Gasteiger partial charge in [0.1, 0.15) is 11.4 Å². The quantitative estimate of drug-likeness (QED) is 0.792. The van der Waals surface area contributed by atoms with Crippen molar-refractivity contribution in [3.05, 3.63) is 17.7 Å². The molecule has 2 atom stereocenters. The lowest BCUT2D eigenvalue weighted by Crippen LogP contribution is -2.30. The summed E-state index contributed by atoms with van der Waals surface area (Å²) in [4.78, 5) is 15.7. The Balaban J connectivity index is 2.91. The summed E-state index contributed by atoms with van der Waals surface area (Å²) in [6.45, 7) is 3.94. The number of nitrogens with one attached hydrogen (secondary N) is 1. The van der Waals surface area contributed by atoms with Crippen molar-refractivity contribution in [3.8, 4) is 5.88 Å². The molecule has 0 aliphatic rings. The maximum atomic E-state index is 11.5. The average Bonchev–Trinajstić information content (AvgIpc) is 2.45. The first-order valence-electron chi connectivity index (χ1n) is 5.96. The molecule has 0 saturated carbocycles. The Bertz CT molecular complexity index is 437. The second-order valence-corrected chi connectivity index (χ2v) is 4.12. The molecule has 0 aliphatic heterocycles. The Labute approximate surface area is 113 Å². The van der Waals surface area contributed by atoms with Gasteiger partial charge >= 0.3 is 5.97 Å². The first-order chi connectivity index (χ1) is 9.03. The summed E-state index contributed by atoms with van der Waals surface area (Å²) in [7, 11) is 4.42. The molecule has 0 amide bonds. The smallest absolute Gasteiger partial charge is 0.343 e. The van der Waals surface area contributed by atoms with Crippen LogP contribution in [0.1, 0.15) is 24.2 Å². The number of rotatable bonds is 6. The van der Waals surface area contributed by atoms with Gasteiger partial charge in [-0.1, -0.05) is 0 Å². The third-order valence-corrected chi connectivity index (χ3v) is 2.91. The fraction of sp³-hybridized carbons (Fsp3) is 0.538. The summed E-state index contributed by atoms with van der Waals surface area (Å²) in [5.74, 6) is 0.365. The SMILES string of the molecule is COC(=O)c1ccc(N[C@@H](C)C(C)OC)nc1OC. The lowest BCUT2D eigenvalue weighted by Gasteiger charge is -2.20. The van der Waals surface area contributed by atoms with Crippen molar-refractivity contribution in [2.45, 2.75) is 26.0 Å². The largest absolute Gasteiger partial charge is 0.480 e. The van der Waals surface area contributed by atoms with Crippen LogP contribution in [0.3, 0.4) is 0 Å². The van der Waals surface area contributed by atoms with Gasteiger partial charge in [-0.3, -0.25) is 0 Å². The zero-order valence-electron chi connectivity index (χ0n) is 11.9. The molecule has 6 heteroatoms. The topological polar surface area (TPSA) is 69.7 Å². The maximum Gasteiger partial charge on any atom is 0.343 e. The van der Waals surface area contributed by atoms with E-state index in [1.54, 1.807) is 19.2 Å². The number of carbonyl (C=O) groups excluding carboxylic acids is 1. The standard InChI is InChI=1S/C13H20N2O4/c1-8(9(2)17-3)14-11-7-6-10(13(16)19-5)12(15-11)18-4/h6-9H,1-5H3,(H,14,15)/t8-,9?/m0/s1. The van der Waals surface area contributed by atoms with Crippen LogP contribution in [0, 0.1) is 0 Å². The van der Waals surface area contributed by atoms with Gasteiger partial charge in [-0.25, -0.2) is 4.79 Å². The average molecular weight is 268 g/mol. The minimum Gasteiger partial charge on any atom is -0.480 e. The number of pyridine rings is 1. The normalized spacial score (nSPS) is 13.5. The fourth-order valence-corrected chi connectivity index (χ4v) is 1.50.